The molecule has 1 heterocycles. The summed E-state index contributed by atoms with van der Waals surface area (Å²) >= 11 is 0. The number of nitrogens with zero attached hydrogens (tertiary/aromatic N) is 1. The first-order valence-electron chi connectivity index (χ1n) is 7.32. The third-order valence-corrected chi connectivity index (χ3v) is 3.50. The fraction of sp³-hybridized carbons (Fsp3) is 0.263. The molecule has 0 bridgehead atoms. The van der Waals surface area contributed by atoms with Gasteiger partial charge in [0.05, 0.1) is 0 Å². The zero-order valence-electron chi connectivity index (χ0n) is 12.3. The van der Waals surface area contributed by atoms with Crippen molar-refractivity contribution in [2.75, 3.05) is 18.0 Å². The van der Waals surface area contributed by atoms with E-state index in [0.717, 1.165) is 5.57 Å². The van der Waals surface area contributed by atoms with E-state index in [2.05, 4.69) is 54.0 Å². The summed E-state index contributed by atoms with van der Waals surface area (Å²) in [5.74, 6) is 0. The predicted octanol–water partition coefficient (Wildman–Crippen LogP) is 4.99. The SMILES string of the molecule is C=C/C=C(\C=C/C)/C=C/c1ccc(N2CCCC2)cc1. The number of benzene rings is 1. The molecular weight excluding hydrogens is 242 g/mol. The van der Waals surface area contributed by atoms with Crippen LogP contribution in [0.4, 0.5) is 5.69 Å². The van der Waals surface area contributed by atoms with Crippen LogP contribution in [-0.2, 0) is 0 Å². The van der Waals surface area contributed by atoms with Crippen molar-refractivity contribution in [1.82, 2.24) is 0 Å². The summed E-state index contributed by atoms with van der Waals surface area (Å²) in [7, 11) is 0. The molecule has 1 nitrogen and oxygen atoms in total. The number of hydrogen-bond acceptors (Lipinski definition) is 1. The molecule has 1 heteroatoms. The smallest absolute Gasteiger partial charge is 0.0366 e. The Morgan fingerprint density at radius 2 is 1.80 bits per heavy atom. The van der Waals surface area contributed by atoms with Crippen LogP contribution in [0, 0.1) is 0 Å². The van der Waals surface area contributed by atoms with Gasteiger partial charge in [0.2, 0.25) is 0 Å². The Balaban J connectivity index is 2.06. The lowest BCUT2D eigenvalue weighted by Gasteiger charge is -2.17. The molecule has 1 aromatic carbocycles. The average Bonchev–Trinajstić information content (AvgIpc) is 3.00. The number of hydrogen-bond donors (Lipinski definition) is 0. The maximum absolute atomic E-state index is 3.74. The van der Waals surface area contributed by atoms with Gasteiger partial charge in [-0.25, -0.2) is 0 Å². The van der Waals surface area contributed by atoms with Crippen LogP contribution in [0.25, 0.3) is 6.08 Å². The van der Waals surface area contributed by atoms with E-state index in [4.69, 9.17) is 0 Å². The van der Waals surface area contributed by atoms with E-state index in [-0.39, 0.29) is 0 Å². The van der Waals surface area contributed by atoms with Crippen molar-refractivity contribution < 1.29 is 0 Å². The lowest BCUT2D eigenvalue weighted by molar-refractivity contribution is 0.949. The summed E-state index contributed by atoms with van der Waals surface area (Å²) in [6.45, 7) is 8.16. The van der Waals surface area contributed by atoms with Gasteiger partial charge in [-0.05, 0) is 43.0 Å². The van der Waals surface area contributed by atoms with Gasteiger partial charge in [0, 0.05) is 18.8 Å². The summed E-state index contributed by atoms with van der Waals surface area (Å²) in [4.78, 5) is 2.45. The molecule has 1 fully saturated rings. The molecule has 1 aliphatic rings. The van der Waals surface area contributed by atoms with Crippen LogP contribution in [-0.4, -0.2) is 13.1 Å². The second-order valence-electron chi connectivity index (χ2n) is 5.02. The fourth-order valence-corrected chi connectivity index (χ4v) is 2.46. The molecule has 0 aliphatic carbocycles. The largest absolute Gasteiger partial charge is 0.372 e. The van der Waals surface area contributed by atoms with Gasteiger partial charge in [-0.3, -0.25) is 0 Å². The number of rotatable bonds is 5. The van der Waals surface area contributed by atoms with Crippen molar-refractivity contribution in [2.45, 2.75) is 19.8 Å². The summed E-state index contributed by atoms with van der Waals surface area (Å²) < 4.78 is 0. The first kappa shape index (κ1) is 14.4. The third-order valence-electron chi connectivity index (χ3n) is 3.50. The van der Waals surface area contributed by atoms with Crippen molar-refractivity contribution in [3.8, 4) is 0 Å². The van der Waals surface area contributed by atoms with E-state index in [1.54, 1.807) is 0 Å². The molecule has 1 saturated heterocycles. The Morgan fingerprint density at radius 1 is 1.10 bits per heavy atom. The van der Waals surface area contributed by atoms with Crippen molar-refractivity contribution in [3.05, 3.63) is 72.4 Å². The van der Waals surface area contributed by atoms with Crippen molar-refractivity contribution in [1.29, 1.82) is 0 Å². The Kier molecular flexibility index (Phi) is 5.43. The highest BCUT2D eigenvalue weighted by Crippen LogP contribution is 2.21. The molecule has 0 spiro atoms. The molecule has 0 amide bonds. The first-order valence-corrected chi connectivity index (χ1v) is 7.32. The summed E-state index contributed by atoms with van der Waals surface area (Å²) in [5, 5.41) is 0. The van der Waals surface area contributed by atoms with Gasteiger partial charge in [0.25, 0.3) is 0 Å². The van der Waals surface area contributed by atoms with Crippen LogP contribution in [0.3, 0.4) is 0 Å². The van der Waals surface area contributed by atoms with E-state index in [9.17, 15) is 0 Å². The molecule has 0 saturated carbocycles. The van der Waals surface area contributed by atoms with E-state index in [1.807, 2.05) is 25.2 Å². The van der Waals surface area contributed by atoms with E-state index in [1.165, 1.54) is 37.2 Å². The van der Waals surface area contributed by atoms with Gasteiger partial charge >= 0.3 is 0 Å². The molecule has 104 valence electrons. The van der Waals surface area contributed by atoms with Crippen LogP contribution in [0.15, 0.2) is 66.8 Å². The molecule has 1 aromatic rings. The third kappa shape index (κ3) is 3.99. The van der Waals surface area contributed by atoms with E-state index >= 15 is 0 Å². The van der Waals surface area contributed by atoms with Gasteiger partial charge < -0.3 is 4.90 Å². The molecule has 0 atom stereocenters. The Labute approximate surface area is 122 Å². The van der Waals surface area contributed by atoms with Crippen molar-refractivity contribution in [3.63, 3.8) is 0 Å². The molecule has 0 N–H and O–H groups in total. The van der Waals surface area contributed by atoms with Gasteiger partial charge in [0.15, 0.2) is 0 Å². The van der Waals surface area contributed by atoms with E-state index in [0.29, 0.717) is 0 Å². The first-order chi connectivity index (χ1) is 9.83. The predicted molar refractivity (Wildman–Crippen MR) is 90.0 cm³/mol. The van der Waals surface area contributed by atoms with Gasteiger partial charge in [-0.2, -0.15) is 0 Å². The Bertz CT molecular complexity index is 511. The molecule has 0 radical (unpaired) electrons. The minimum atomic E-state index is 1.16. The molecule has 20 heavy (non-hydrogen) atoms. The highest BCUT2D eigenvalue weighted by Gasteiger charge is 2.11. The molecule has 0 unspecified atom stereocenters. The van der Waals surface area contributed by atoms with Crippen molar-refractivity contribution >= 4 is 11.8 Å². The van der Waals surface area contributed by atoms with Gasteiger partial charge in [-0.1, -0.05) is 55.2 Å². The van der Waals surface area contributed by atoms with Crippen LogP contribution in [0.2, 0.25) is 0 Å². The molecule has 1 aliphatic heterocycles. The van der Waals surface area contributed by atoms with Crippen LogP contribution in [0.1, 0.15) is 25.3 Å². The second-order valence-corrected chi connectivity index (χ2v) is 5.02. The summed E-state index contributed by atoms with van der Waals surface area (Å²) in [5.41, 5.74) is 3.73. The minimum Gasteiger partial charge on any atom is -0.372 e. The Hall–Kier alpha value is -2.02. The van der Waals surface area contributed by atoms with Crippen LogP contribution in [0.5, 0.6) is 0 Å². The normalized spacial score (nSPS) is 16.4. The fourth-order valence-electron chi connectivity index (χ4n) is 2.46. The lowest BCUT2D eigenvalue weighted by atomic mass is 10.1. The summed E-state index contributed by atoms with van der Waals surface area (Å²) in [6.07, 6.45) is 14.8. The van der Waals surface area contributed by atoms with Crippen LogP contribution < -0.4 is 4.90 Å². The van der Waals surface area contributed by atoms with E-state index < -0.39 is 0 Å². The Morgan fingerprint density at radius 3 is 2.40 bits per heavy atom. The zero-order chi connectivity index (χ0) is 14.2. The van der Waals surface area contributed by atoms with Gasteiger partial charge in [0.1, 0.15) is 0 Å². The zero-order valence-corrected chi connectivity index (χ0v) is 12.3. The lowest BCUT2D eigenvalue weighted by Crippen LogP contribution is -2.17. The molecular formula is C19H23N. The summed E-state index contributed by atoms with van der Waals surface area (Å²) in [6, 6.07) is 8.81. The van der Waals surface area contributed by atoms with Gasteiger partial charge in [-0.15, -0.1) is 0 Å². The number of allylic oxidation sites excluding steroid dienone is 6. The maximum Gasteiger partial charge on any atom is 0.0366 e. The number of anilines is 1. The highest BCUT2D eigenvalue weighted by atomic mass is 15.1. The average molecular weight is 265 g/mol. The quantitative estimate of drug-likeness (QED) is 0.678. The topological polar surface area (TPSA) is 3.24 Å². The highest BCUT2D eigenvalue weighted by molar-refractivity contribution is 5.59. The van der Waals surface area contributed by atoms with Crippen molar-refractivity contribution in [2.24, 2.45) is 0 Å². The second kappa shape index (κ2) is 7.54. The van der Waals surface area contributed by atoms with Crippen LogP contribution >= 0.6 is 0 Å². The maximum atomic E-state index is 3.74. The molecule has 0 aromatic heterocycles. The molecule has 2 rings (SSSR count). The minimum absolute atomic E-state index is 1.16. The standard InChI is InChI=1S/C19H23N/c1-3-7-17(8-4-2)9-10-18-11-13-19(14-12-18)20-15-5-6-16-20/h3-4,7-14H,1,5-6,15-16H2,2H3/b8-4-,10-9+,17-7+. The monoisotopic (exact) mass is 265 g/mol.